The molecular weight excluding hydrogens is 492 g/mol. The summed E-state index contributed by atoms with van der Waals surface area (Å²) in [6, 6.07) is 0. The number of carboxylic acid groups (broad SMARTS) is 1. The van der Waals surface area contributed by atoms with Gasteiger partial charge in [-0.05, 0) is 69.6 Å². The topological polar surface area (TPSA) is 110 Å². The van der Waals surface area contributed by atoms with Gasteiger partial charge in [0.25, 0.3) is 0 Å². The molecule has 0 radical (unpaired) electrons. The summed E-state index contributed by atoms with van der Waals surface area (Å²) in [5.41, 5.74) is -1.97. The molecule has 212 valence electrons. The van der Waals surface area contributed by atoms with Gasteiger partial charge in [-0.3, -0.25) is 4.79 Å². The zero-order chi connectivity index (χ0) is 27.3. The fourth-order valence-electron chi connectivity index (χ4n) is 9.58. The molecule has 6 rings (SSSR count). The van der Waals surface area contributed by atoms with Gasteiger partial charge in [0.2, 0.25) is 5.79 Å². The standard InChI is InChI=1S/C29H42O9/c1-15(2)21-9-18-11-27(13-30)20-8-7-16(3)19(20)12-28(18,29(21,27)25(31)32)14-33-23-10-22-24(17(4)34-23)36-38-26(5,6)37-35-22/h9,13,15-20,22-24H,7-8,10-12,14H2,1-6H3,(H,31,32)/t16-,17-,18+,19-,20-,22+,23-,24-,27+,28+,29+/m1/s1. The van der Waals surface area contributed by atoms with Crippen LogP contribution >= 0.6 is 0 Å². The molecule has 1 N–H and O–H groups in total. The van der Waals surface area contributed by atoms with Crippen molar-refractivity contribution in [1.82, 2.24) is 0 Å². The van der Waals surface area contributed by atoms with Crippen molar-refractivity contribution < 1.29 is 43.7 Å². The van der Waals surface area contributed by atoms with E-state index in [4.69, 9.17) is 29.0 Å². The van der Waals surface area contributed by atoms with Crippen molar-refractivity contribution in [2.24, 2.45) is 45.8 Å². The van der Waals surface area contributed by atoms with Gasteiger partial charge in [-0.1, -0.05) is 38.8 Å². The molecular formula is C29H42O9. The molecule has 0 amide bonds. The first kappa shape index (κ1) is 26.8. The fourth-order valence-corrected chi connectivity index (χ4v) is 9.58. The summed E-state index contributed by atoms with van der Waals surface area (Å²) in [6.45, 7) is 11.8. The third kappa shape index (κ3) is 3.32. The van der Waals surface area contributed by atoms with Gasteiger partial charge < -0.3 is 19.4 Å². The summed E-state index contributed by atoms with van der Waals surface area (Å²) in [5.74, 6) is -1.08. The number of aldehydes is 1. The zero-order valence-electron chi connectivity index (χ0n) is 23.3. The van der Waals surface area contributed by atoms with Gasteiger partial charge in [0.1, 0.15) is 23.9 Å². The molecule has 11 atom stereocenters. The number of carboxylic acids is 1. The number of allylic oxidation sites excluding steroid dienone is 1. The Balaban J connectivity index is 1.33. The minimum Gasteiger partial charge on any atom is -0.481 e. The highest BCUT2D eigenvalue weighted by Crippen LogP contribution is 2.82. The van der Waals surface area contributed by atoms with Crippen LogP contribution in [0.5, 0.6) is 0 Å². The Morgan fingerprint density at radius 3 is 2.61 bits per heavy atom. The lowest BCUT2D eigenvalue weighted by Gasteiger charge is -2.58. The second-order valence-corrected chi connectivity index (χ2v) is 13.6. The highest BCUT2D eigenvalue weighted by Gasteiger charge is 2.84. The predicted molar refractivity (Wildman–Crippen MR) is 133 cm³/mol. The summed E-state index contributed by atoms with van der Waals surface area (Å²) < 4.78 is 12.7. The van der Waals surface area contributed by atoms with Crippen LogP contribution in [-0.2, 0) is 38.6 Å². The van der Waals surface area contributed by atoms with E-state index in [0.717, 1.165) is 31.1 Å². The maximum Gasteiger partial charge on any atom is 0.315 e. The van der Waals surface area contributed by atoms with Crippen LogP contribution in [0.1, 0.15) is 73.6 Å². The van der Waals surface area contributed by atoms with E-state index in [-0.39, 0.29) is 24.4 Å². The van der Waals surface area contributed by atoms with Crippen LogP contribution in [0.3, 0.4) is 0 Å². The van der Waals surface area contributed by atoms with Crippen molar-refractivity contribution in [3.8, 4) is 0 Å². The lowest BCUT2D eigenvalue weighted by Crippen LogP contribution is -2.63. The van der Waals surface area contributed by atoms with Gasteiger partial charge >= 0.3 is 5.97 Å². The highest BCUT2D eigenvalue weighted by atomic mass is 17.3. The lowest BCUT2D eigenvalue weighted by molar-refractivity contribution is -0.474. The van der Waals surface area contributed by atoms with Gasteiger partial charge in [0.05, 0.1) is 18.1 Å². The van der Waals surface area contributed by atoms with Crippen LogP contribution in [0.2, 0.25) is 0 Å². The van der Waals surface area contributed by atoms with Crippen LogP contribution in [-0.4, -0.2) is 54.4 Å². The van der Waals surface area contributed by atoms with Crippen molar-refractivity contribution in [3.63, 3.8) is 0 Å². The molecule has 0 spiro atoms. The van der Waals surface area contributed by atoms with Gasteiger partial charge in [-0.25, -0.2) is 9.78 Å². The highest BCUT2D eigenvalue weighted by molar-refractivity contribution is 5.90. The maximum atomic E-state index is 13.6. The van der Waals surface area contributed by atoms with Crippen LogP contribution in [0.4, 0.5) is 0 Å². The van der Waals surface area contributed by atoms with Crippen molar-refractivity contribution in [2.45, 2.75) is 104 Å². The summed E-state index contributed by atoms with van der Waals surface area (Å²) in [6.07, 6.45) is 4.86. The van der Waals surface area contributed by atoms with E-state index in [1.165, 1.54) is 0 Å². The Hall–Kier alpha value is -1.36. The first-order chi connectivity index (χ1) is 17.9. The first-order valence-corrected chi connectivity index (χ1v) is 14.3. The zero-order valence-corrected chi connectivity index (χ0v) is 23.3. The SMILES string of the molecule is CC(C)C1=C[C@H]2C[C@]3(C=O)[C@@H]4CC[C@@H](C)[C@H]4C[C@@]2(CO[C@H]2C[C@@H]4OOC(C)(C)OO[C@@H]4[C@@H](C)O2)[C@]13C(=O)O. The largest absolute Gasteiger partial charge is 0.481 e. The van der Waals surface area contributed by atoms with E-state index in [1.807, 2.05) is 20.8 Å². The molecule has 6 aliphatic rings. The smallest absolute Gasteiger partial charge is 0.315 e. The maximum absolute atomic E-state index is 13.6. The van der Waals surface area contributed by atoms with Gasteiger partial charge in [0.15, 0.2) is 6.29 Å². The average Bonchev–Trinajstić information content (AvgIpc) is 3.38. The van der Waals surface area contributed by atoms with Gasteiger partial charge in [-0.15, -0.1) is 0 Å². The van der Waals surface area contributed by atoms with Gasteiger partial charge in [-0.2, -0.15) is 9.78 Å². The normalized spacial score (nSPS) is 50.8. The van der Waals surface area contributed by atoms with Gasteiger partial charge in [0, 0.05) is 11.8 Å². The minimum absolute atomic E-state index is 0.0224. The molecule has 2 aliphatic heterocycles. The van der Waals surface area contributed by atoms with E-state index < -0.39 is 52.6 Å². The molecule has 3 saturated carbocycles. The Kier molecular flexibility index (Phi) is 6.23. The minimum atomic E-state index is -1.27. The second-order valence-electron chi connectivity index (χ2n) is 13.6. The number of carbonyl (C=O) groups excluding carboxylic acids is 1. The number of hydrogen-bond donors (Lipinski definition) is 1. The van der Waals surface area contributed by atoms with E-state index in [0.29, 0.717) is 24.7 Å². The van der Waals surface area contributed by atoms with Crippen LogP contribution in [0.15, 0.2) is 11.6 Å². The van der Waals surface area contributed by atoms with Crippen molar-refractivity contribution >= 4 is 12.3 Å². The number of fused-ring (bicyclic) bond motifs is 3. The third-order valence-electron chi connectivity index (χ3n) is 11.0. The third-order valence-corrected chi connectivity index (χ3v) is 11.0. The van der Waals surface area contributed by atoms with Crippen molar-refractivity contribution in [2.75, 3.05) is 6.61 Å². The van der Waals surface area contributed by atoms with Crippen molar-refractivity contribution in [3.05, 3.63) is 11.6 Å². The Morgan fingerprint density at radius 2 is 1.92 bits per heavy atom. The van der Waals surface area contributed by atoms with E-state index in [9.17, 15) is 14.7 Å². The summed E-state index contributed by atoms with van der Waals surface area (Å²) in [7, 11) is 0. The van der Waals surface area contributed by atoms with Crippen LogP contribution in [0, 0.1) is 45.8 Å². The molecule has 4 bridgehead atoms. The molecule has 9 heteroatoms. The second kappa shape index (κ2) is 8.82. The number of hydrogen-bond acceptors (Lipinski definition) is 8. The summed E-state index contributed by atoms with van der Waals surface area (Å²) in [5, 5.41) is 11.1. The molecule has 9 nitrogen and oxygen atoms in total. The van der Waals surface area contributed by atoms with E-state index in [2.05, 4.69) is 13.0 Å². The quantitative estimate of drug-likeness (QED) is 0.300. The monoisotopic (exact) mass is 534 g/mol. The number of aliphatic carboxylic acids is 1. The lowest BCUT2D eigenvalue weighted by atomic mass is 9.43. The molecule has 0 aromatic rings. The molecule has 2 saturated heterocycles. The Labute approximate surface area is 224 Å². The molecule has 38 heavy (non-hydrogen) atoms. The predicted octanol–water partition coefficient (Wildman–Crippen LogP) is 4.45. The number of rotatable bonds is 6. The molecule has 0 aromatic heterocycles. The van der Waals surface area contributed by atoms with Crippen LogP contribution < -0.4 is 0 Å². The molecule has 4 aliphatic carbocycles. The first-order valence-electron chi connectivity index (χ1n) is 14.3. The van der Waals surface area contributed by atoms with Crippen LogP contribution in [0.25, 0.3) is 0 Å². The number of ether oxygens (including phenoxy) is 2. The summed E-state index contributed by atoms with van der Waals surface area (Å²) >= 11 is 0. The number of carbonyl (C=O) groups is 2. The molecule has 0 aromatic carbocycles. The Morgan fingerprint density at radius 1 is 1.18 bits per heavy atom. The average molecular weight is 535 g/mol. The van der Waals surface area contributed by atoms with E-state index >= 15 is 0 Å². The molecule has 0 unspecified atom stereocenters. The van der Waals surface area contributed by atoms with Crippen molar-refractivity contribution in [1.29, 1.82) is 0 Å². The van der Waals surface area contributed by atoms with E-state index in [1.54, 1.807) is 13.8 Å². The molecule has 2 heterocycles. The Bertz CT molecular complexity index is 1020. The fraction of sp³-hybridized carbons (Fsp3) is 0.862. The molecule has 5 fully saturated rings. The summed E-state index contributed by atoms with van der Waals surface area (Å²) in [4.78, 5) is 48.8.